The Morgan fingerprint density at radius 1 is 1.14 bits per heavy atom. The summed E-state index contributed by atoms with van der Waals surface area (Å²) in [4.78, 5) is 23.6. The number of hydrogen-bond donors (Lipinski definition) is 2. The van der Waals surface area contributed by atoms with E-state index in [9.17, 15) is 19.8 Å². The van der Waals surface area contributed by atoms with Crippen molar-refractivity contribution in [3.63, 3.8) is 0 Å². The van der Waals surface area contributed by atoms with Crippen molar-refractivity contribution in [1.29, 1.82) is 0 Å². The van der Waals surface area contributed by atoms with E-state index in [-0.39, 0.29) is 22.5 Å². The number of carboxylic acid groups (broad SMARTS) is 2. The smallest absolute Gasteiger partial charge is 0.339 e. The maximum Gasteiger partial charge on any atom is 0.339 e. The van der Waals surface area contributed by atoms with Gasteiger partial charge in [-0.15, -0.1) is 11.8 Å². The van der Waals surface area contributed by atoms with Gasteiger partial charge in [0.05, 0.1) is 30.1 Å². The number of ether oxygens (including phenoxy) is 2. The average Bonchev–Trinajstić information content (AvgIpc) is 2.57. The SMILES string of the molecule is Cc1ccc(C(=O)O)c(OC(C)Cc2ccc(C(=O)O)c(SC3COC3)c2)c1. The van der Waals surface area contributed by atoms with E-state index in [0.717, 1.165) is 11.1 Å². The first kappa shape index (κ1) is 20.2. The van der Waals surface area contributed by atoms with E-state index in [0.29, 0.717) is 30.3 Å². The van der Waals surface area contributed by atoms with Gasteiger partial charge in [-0.05, 0) is 49.2 Å². The molecule has 28 heavy (non-hydrogen) atoms. The molecule has 0 radical (unpaired) electrons. The largest absolute Gasteiger partial charge is 0.489 e. The Balaban J connectivity index is 1.76. The second-order valence-corrected chi connectivity index (χ2v) is 8.19. The van der Waals surface area contributed by atoms with Crippen molar-refractivity contribution in [2.45, 2.75) is 36.5 Å². The topological polar surface area (TPSA) is 93.1 Å². The van der Waals surface area contributed by atoms with Crippen LogP contribution >= 0.6 is 11.8 Å². The fourth-order valence-corrected chi connectivity index (χ4v) is 4.11. The molecular formula is C21H22O6S. The van der Waals surface area contributed by atoms with Crippen LogP contribution in [0.1, 0.15) is 38.8 Å². The Kier molecular flexibility index (Phi) is 6.26. The lowest BCUT2D eigenvalue weighted by atomic mass is 10.1. The monoisotopic (exact) mass is 402 g/mol. The van der Waals surface area contributed by atoms with Crippen molar-refractivity contribution in [2.24, 2.45) is 0 Å². The summed E-state index contributed by atoms with van der Waals surface area (Å²) in [6.07, 6.45) is 0.252. The Morgan fingerprint density at radius 3 is 2.43 bits per heavy atom. The summed E-state index contributed by atoms with van der Waals surface area (Å²) in [5.74, 6) is -1.65. The highest BCUT2D eigenvalue weighted by Gasteiger charge is 2.23. The number of carbonyl (C=O) groups is 2. The lowest BCUT2D eigenvalue weighted by Gasteiger charge is -2.26. The van der Waals surface area contributed by atoms with E-state index in [1.54, 1.807) is 24.3 Å². The Hall–Kier alpha value is -2.51. The fourth-order valence-electron chi connectivity index (χ4n) is 2.92. The van der Waals surface area contributed by atoms with Gasteiger partial charge in [-0.3, -0.25) is 0 Å². The summed E-state index contributed by atoms with van der Waals surface area (Å²) in [6.45, 7) is 4.99. The molecule has 6 nitrogen and oxygen atoms in total. The quantitative estimate of drug-likeness (QED) is 0.692. The maximum atomic E-state index is 11.5. The molecule has 1 saturated heterocycles. The highest BCUT2D eigenvalue weighted by molar-refractivity contribution is 8.00. The number of aromatic carboxylic acids is 2. The Labute approximate surface area is 167 Å². The van der Waals surface area contributed by atoms with Gasteiger partial charge < -0.3 is 19.7 Å². The Morgan fingerprint density at radius 2 is 1.82 bits per heavy atom. The van der Waals surface area contributed by atoms with Crippen molar-refractivity contribution in [1.82, 2.24) is 0 Å². The van der Waals surface area contributed by atoms with Crippen LogP contribution in [0.25, 0.3) is 0 Å². The standard InChI is InChI=1S/C21H22O6S/c1-12-3-5-16(20(22)23)18(7-12)27-13(2)8-14-4-6-17(21(24)25)19(9-14)28-15-10-26-11-15/h3-7,9,13,15H,8,10-11H2,1-2H3,(H,22,23)(H,24,25). The third kappa shape index (κ3) is 4.85. The third-order valence-electron chi connectivity index (χ3n) is 4.40. The van der Waals surface area contributed by atoms with Crippen molar-refractivity contribution >= 4 is 23.7 Å². The van der Waals surface area contributed by atoms with Gasteiger partial charge in [0.2, 0.25) is 0 Å². The second-order valence-electron chi connectivity index (χ2n) is 6.85. The molecule has 0 amide bonds. The van der Waals surface area contributed by atoms with E-state index in [4.69, 9.17) is 9.47 Å². The first-order valence-electron chi connectivity index (χ1n) is 8.94. The molecule has 2 aromatic rings. The zero-order chi connectivity index (χ0) is 20.3. The predicted octanol–water partition coefficient (Wildman–Crippen LogP) is 3.89. The lowest BCUT2D eigenvalue weighted by molar-refractivity contribution is 0.0454. The summed E-state index contributed by atoms with van der Waals surface area (Å²) in [5.41, 5.74) is 2.25. The minimum atomic E-state index is -1.03. The molecule has 0 spiro atoms. The van der Waals surface area contributed by atoms with Gasteiger partial charge in [0.15, 0.2) is 0 Å². The molecule has 1 fully saturated rings. The summed E-state index contributed by atoms with van der Waals surface area (Å²) < 4.78 is 11.1. The summed E-state index contributed by atoms with van der Waals surface area (Å²) in [7, 11) is 0. The van der Waals surface area contributed by atoms with Crippen LogP contribution in [0.15, 0.2) is 41.3 Å². The number of hydrogen-bond acceptors (Lipinski definition) is 5. The molecule has 1 aliphatic heterocycles. The maximum absolute atomic E-state index is 11.5. The zero-order valence-corrected chi connectivity index (χ0v) is 16.5. The molecule has 2 N–H and O–H groups in total. The van der Waals surface area contributed by atoms with Gasteiger partial charge in [0.1, 0.15) is 11.3 Å². The van der Waals surface area contributed by atoms with E-state index in [2.05, 4.69) is 0 Å². The first-order chi connectivity index (χ1) is 13.3. The molecule has 1 aliphatic rings. The second kappa shape index (κ2) is 8.67. The zero-order valence-electron chi connectivity index (χ0n) is 15.7. The predicted molar refractivity (Wildman–Crippen MR) is 106 cm³/mol. The van der Waals surface area contributed by atoms with Crippen molar-refractivity contribution in [3.05, 3.63) is 58.7 Å². The molecule has 148 valence electrons. The van der Waals surface area contributed by atoms with Gasteiger partial charge in [0, 0.05) is 11.3 Å². The molecule has 7 heteroatoms. The normalized spacial score (nSPS) is 14.9. The van der Waals surface area contributed by atoms with E-state index < -0.39 is 11.9 Å². The van der Waals surface area contributed by atoms with E-state index in [1.165, 1.54) is 17.8 Å². The first-order valence-corrected chi connectivity index (χ1v) is 9.82. The van der Waals surface area contributed by atoms with Crippen molar-refractivity contribution < 1.29 is 29.3 Å². The molecule has 0 aliphatic carbocycles. The van der Waals surface area contributed by atoms with Crippen molar-refractivity contribution in [3.8, 4) is 5.75 Å². The van der Waals surface area contributed by atoms with Gasteiger partial charge in [-0.1, -0.05) is 12.1 Å². The number of benzene rings is 2. The molecular weight excluding hydrogens is 380 g/mol. The number of aryl methyl sites for hydroxylation is 1. The van der Waals surface area contributed by atoms with Crippen LogP contribution in [-0.4, -0.2) is 46.7 Å². The van der Waals surface area contributed by atoms with E-state index >= 15 is 0 Å². The average molecular weight is 402 g/mol. The van der Waals surface area contributed by atoms with Crippen LogP contribution in [0.3, 0.4) is 0 Å². The summed E-state index contributed by atoms with van der Waals surface area (Å²) in [6, 6.07) is 10.3. The summed E-state index contributed by atoms with van der Waals surface area (Å²) in [5, 5.41) is 19.0. The highest BCUT2D eigenvalue weighted by atomic mass is 32.2. The van der Waals surface area contributed by atoms with Crippen molar-refractivity contribution in [2.75, 3.05) is 13.2 Å². The minimum Gasteiger partial charge on any atom is -0.489 e. The van der Waals surface area contributed by atoms with Crippen LogP contribution in [0.4, 0.5) is 0 Å². The highest BCUT2D eigenvalue weighted by Crippen LogP contribution is 2.32. The fraction of sp³-hybridized carbons (Fsp3) is 0.333. The molecule has 3 rings (SSSR count). The molecule has 0 saturated carbocycles. The number of thioether (sulfide) groups is 1. The Bertz CT molecular complexity index is 890. The molecule has 2 aromatic carbocycles. The number of rotatable bonds is 8. The van der Waals surface area contributed by atoms with E-state index in [1.807, 2.05) is 19.9 Å². The number of carboxylic acids is 2. The molecule has 0 aromatic heterocycles. The molecule has 0 bridgehead atoms. The van der Waals surface area contributed by atoms with Crippen LogP contribution < -0.4 is 4.74 Å². The van der Waals surface area contributed by atoms with Crippen LogP contribution in [0.5, 0.6) is 5.75 Å². The summed E-state index contributed by atoms with van der Waals surface area (Å²) >= 11 is 1.51. The van der Waals surface area contributed by atoms with Gasteiger partial charge in [-0.25, -0.2) is 9.59 Å². The van der Waals surface area contributed by atoms with Crippen LogP contribution in [0.2, 0.25) is 0 Å². The third-order valence-corrected chi connectivity index (χ3v) is 5.59. The lowest BCUT2D eigenvalue weighted by Crippen LogP contribution is -2.30. The minimum absolute atomic E-state index is 0.125. The van der Waals surface area contributed by atoms with Gasteiger partial charge in [0.25, 0.3) is 0 Å². The van der Waals surface area contributed by atoms with Gasteiger partial charge in [-0.2, -0.15) is 0 Å². The molecule has 1 heterocycles. The molecule has 1 unspecified atom stereocenters. The van der Waals surface area contributed by atoms with Gasteiger partial charge >= 0.3 is 11.9 Å². The molecule has 1 atom stereocenters. The van der Waals surface area contributed by atoms with Crippen LogP contribution in [0, 0.1) is 6.92 Å². The van der Waals surface area contributed by atoms with Crippen LogP contribution in [-0.2, 0) is 11.2 Å².